The van der Waals surface area contributed by atoms with Crippen LogP contribution in [0.4, 0.5) is 4.39 Å². The lowest BCUT2D eigenvalue weighted by molar-refractivity contribution is -0.129. The predicted molar refractivity (Wildman–Crippen MR) is 86.7 cm³/mol. The van der Waals surface area contributed by atoms with E-state index in [1.54, 1.807) is 18.2 Å². The Morgan fingerprint density at radius 3 is 2.70 bits per heavy atom. The summed E-state index contributed by atoms with van der Waals surface area (Å²) in [4.78, 5) is 14.2. The van der Waals surface area contributed by atoms with Crippen molar-refractivity contribution in [1.29, 1.82) is 0 Å². The van der Waals surface area contributed by atoms with Crippen molar-refractivity contribution in [2.24, 2.45) is 0 Å². The molecular weight excluding hydrogens is 317 g/mol. The number of rotatable bonds is 4. The second-order valence-electron chi connectivity index (χ2n) is 5.45. The van der Waals surface area contributed by atoms with Gasteiger partial charge < -0.3 is 10.7 Å². The zero-order valence-electron chi connectivity index (χ0n) is 12.8. The molecule has 1 aromatic heterocycles. The van der Waals surface area contributed by atoms with Gasteiger partial charge in [-0.2, -0.15) is 0 Å². The largest absolute Gasteiger partial charge is 0.342 e. The summed E-state index contributed by atoms with van der Waals surface area (Å²) in [5.41, 5.74) is 0.285. The number of aromatic nitrogens is 3. The SMILES string of the molecule is C[C@H](Sc1nnc(-c2ccccc2F)n1N)C(=O)N1CCCC1. The van der Waals surface area contributed by atoms with E-state index in [2.05, 4.69) is 10.2 Å². The van der Waals surface area contributed by atoms with Gasteiger partial charge in [0.2, 0.25) is 11.1 Å². The highest BCUT2D eigenvalue weighted by Crippen LogP contribution is 2.27. The van der Waals surface area contributed by atoms with Crippen molar-refractivity contribution in [2.75, 3.05) is 18.9 Å². The number of benzene rings is 1. The molecule has 0 aliphatic carbocycles. The molecule has 3 rings (SSSR count). The Bertz CT molecular complexity index is 714. The number of hydrogen-bond donors (Lipinski definition) is 1. The molecule has 1 atom stereocenters. The minimum Gasteiger partial charge on any atom is -0.342 e. The van der Waals surface area contributed by atoms with Crippen LogP contribution in [0.5, 0.6) is 0 Å². The molecule has 1 saturated heterocycles. The summed E-state index contributed by atoms with van der Waals surface area (Å²) < 4.78 is 15.1. The number of carbonyl (C=O) groups excluding carboxylic acids is 1. The number of likely N-dealkylation sites (tertiary alicyclic amines) is 1. The Balaban J connectivity index is 1.77. The van der Waals surface area contributed by atoms with Gasteiger partial charge in [-0.3, -0.25) is 4.79 Å². The molecular formula is C15H18FN5OS. The average molecular weight is 335 g/mol. The zero-order chi connectivity index (χ0) is 16.4. The molecule has 1 fully saturated rings. The number of nitrogen functional groups attached to an aromatic ring is 1. The van der Waals surface area contributed by atoms with Gasteiger partial charge in [-0.25, -0.2) is 9.07 Å². The summed E-state index contributed by atoms with van der Waals surface area (Å²) in [7, 11) is 0. The van der Waals surface area contributed by atoms with Crippen LogP contribution in [0.25, 0.3) is 11.4 Å². The molecule has 0 bridgehead atoms. The molecule has 2 aromatic rings. The van der Waals surface area contributed by atoms with Gasteiger partial charge >= 0.3 is 0 Å². The molecule has 122 valence electrons. The van der Waals surface area contributed by atoms with E-state index in [-0.39, 0.29) is 22.5 Å². The molecule has 0 saturated carbocycles. The van der Waals surface area contributed by atoms with Crippen LogP contribution in [0, 0.1) is 5.82 Å². The molecule has 6 nitrogen and oxygen atoms in total. The van der Waals surface area contributed by atoms with E-state index in [0.717, 1.165) is 25.9 Å². The normalized spacial score (nSPS) is 15.8. The topological polar surface area (TPSA) is 77.0 Å². The number of carbonyl (C=O) groups is 1. The Morgan fingerprint density at radius 2 is 2.00 bits per heavy atom. The molecule has 23 heavy (non-hydrogen) atoms. The van der Waals surface area contributed by atoms with Crippen molar-refractivity contribution in [2.45, 2.75) is 30.2 Å². The third kappa shape index (κ3) is 3.17. The van der Waals surface area contributed by atoms with Gasteiger partial charge in [0, 0.05) is 13.1 Å². The molecule has 8 heteroatoms. The average Bonchev–Trinajstić information content (AvgIpc) is 3.19. The molecule has 2 N–H and O–H groups in total. The fourth-order valence-corrected chi connectivity index (χ4v) is 3.44. The van der Waals surface area contributed by atoms with Crippen LogP contribution in [0.15, 0.2) is 29.4 Å². The van der Waals surface area contributed by atoms with Gasteiger partial charge in [-0.05, 0) is 31.9 Å². The smallest absolute Gasteiger partial charge is 0.235 e. The second kappa shape index (κ2) is 6.57. The monoisotopic (exact) mass is 335 g/mol. The Kier molecular flexibility index (Phi) is 4.51. The summed E-state index contributed by atoms with van der Waals surface area (Å²) >= 11 is 1.24. The fourth-order valence-electron chi connectivity index (χ4n) is 2.59. The number of thioether (sulfide) groups is 1. The van der Waals surface area contributed by atoms with Crippen LogP contribution in [0.1, 0.15) is 19.8 Å². The first-order valence-corrected chi connectivity index (χ1v) is 8.36. The third-order valence-corrected chi connectivity index (χ3v) is 4.87. The van der Waals surface area contributed by atoms with Crippen LogP contribution in [0.2, 0.25) is 0 Å². The van der Waals surface area contributed by atoms with Crippen molar-refractivity contribution in [3.05, 3.63) is 30.1 Å². The second-order valence-corrected chi connectivity index (χ2v) is 6.76. The van der Waals surface area contributed by atoms with Crippen LogP contribution in [0.3, 0.4) is 0 Å². The quantitative estimate of drug-likeness (QED) is 0.682. The van der Waals surface area contributed by atoms with Crippen LogP contribution >= 0.6 is 11.8 Å². The molecule has 1 aliphatic rings. The number of halogens is 1. The highest BCUT2D eigenvalue weighted by atomic mass is 32.2. The van der Waals surface area contributed by atoms with Crippen molar-refractivity contribution in [1.82, 2.24) is 19.8 Å². The number of hydrogen-bond acceptors (Lipinski definition) is 5. The molecule has 0 unspecified atom stereocenters. The Labute approximate surface area is 137 Å². The first-order valence-electron chi connectivity index (χ1n) is 7.48. The predicted octanol–water partition coefficient (Wildman–Crippen LogP) is 1.90. The van der Waals surface area contributed by atoms with Crippen molar-refractivity contribution < 1.29 is 9.18 Å². The number of nitrogens with two attached hydrogens (primary N) is 1. The van der Waals surface area contributed by atoms with Crippen molar-refractivity contribution in [3.63, 3.8) is 0 Å². The highest BCUT2D eigenvalue weighted by molar-refractivity contribution is 8.00. The van der Waals surface area contributed by atoms with Gasteiger partial charge in [-0.1, -0.05) is 23.9 Å². The van der Waals surface area contributed by atoms with E-state index in [4.69, 9.17) is 5.84 Å². The van der Waals surface area contributed by atoms with E-state index in [1.165, 1.54) is 22.5 Å². The minimum atomic E-state index is -0.413. The Hall–Kier alpha value is -2.09. The molecule has 0 radical (unpaired) electrons. The maximum Gasteiger partial charge on any atom is 0.235 e. The number of amides is 1. The van der Waals surface area contributed by atoms with Gasteiger partial charge in [0.25, 0.3) is 0 Å². The fraction of sp³-hybridized carbons (Fsp3) is 0.400. The lowest BCUT2D eigenvalue weighted by Crippen LogP contribution is -2.34. The highest BCUT2D eigenvalue weighted by Gasteiger charge is 2.26. The van der Waals surface area contributed by atoms with E-state index < -0.39 is 5.82 Å². The van der Waals surface area contributed by atoms with Crippen molar-refractivity contribution >= 4 is 17.7 Å². The van der Waals surface area contributed by atoms with E-state index in [9.17, 15) is 9.18 Å². The first kappa shape index (κ1) is 15.8. The lowest BCUT2D eigenvalue weighted by atomic mass is 10.2. The van der Waals surface area contributed by atoms with Gasteiger partial charge in [0.15, 0.2) is 5.82 Å². The van der Waals surface area contributed by atoms with Gasteiger partial charge in [0.05, 0.1) is 10.8 Å². The lowest BCUT2D eigenvalue weighted by Gasteiger charge is -2.19. The van der Waals surface area contributed by atoms with E-state index in [1.807, 2.05) is 11.8 Å². The molecule has 1 aromatic carbocycles. The minimum absolute atomic E-state index is 0.0722. The van der Waals surface area contributed by atoms with E-state index in [0.29, 0.717) is 5.16 Å². The van der Waals surface area contributed by atoms with Crippen molar-refractivity contribution in [3.8, 4) is 11.4 Å². The summed E-state index contributed by atoms with van der Waals surface area (Å²) in [6, 6.07) is 6.24. The standard InChI is InChI=1S/C15H18FN5OS/c1-10(14(22)20-8-4-5-9-20)23-15-19-18-13(21(15)17)11-6-2-3-7-12(11)16/h2-3,6-7,10H,4-5,8-9,17H2,1H3/t10-/m0/s1. The van der Waals surface area contributed by atoms with E-state index >= 15 is 0 Å². The first-order chi connectivity index (χ1) is 11.1. The van der Waals surface area contributed by atoms with Crippen LogP contribution < -0.4 is 5.84 Å². The zero-order valence-corrected chi connectivity index (χ0v) is 13.6. The molecule has 1 aliphatic heterocycles. The number of nitrogens with zero attached hydrogens (tertiary/aromatic N) is 4. The maximum atomic E-state index is 13.9. The molecule has 0 spiro atoms. The summed E-state index contributed by atoms with van der Waals surface area (Å²) in [6.45, 7) is 3.43. The third-order valence-electron chi connectivity index (χ3n) is 3.83. The van der Waals surface area contributed by atoms with Crippen LogP contribution in [-0.4, -0.2) is 44.0 Å². The summed E-state index contributed by atoms with van der Waals surface area (Å²) in [5.74, 6) is 5.89. The maximum absolute atomic E-state index is 13.9. The Morgan fingerprint density at radius 1 is 1.30 bits per heavy atom. The summed E-state index contributed by atoms with van der Waals surface area (Å²) in [6.07, 6.45) is 2.10. The molecule has 1 amide bonds. The van der Waals surface area contributed by atoms with Crippen LogP contribution in [-0.2, 0) is 4.79 Å². The summed E-state index contributed by atoms with van der Waals surface area (Å²) in [5, 5.41) is 8.03. The molecule has 2 heterocycles. The van der Waals surface area contributed by atoms with Gasteiger partial charge in [-0.15, -0.1) is 10.2 Å². The van der Waals surface area contributed by atoms with Gasteiger partial charge in [0.1, 0.15) is 5.82 Å².